The summed E-state index contributed by atoms with van der Waals surface area (Å²) in [5.41, 5.74) is 3.07. The van der Waals surface area contributed by atoms with Crippen molar-refractivity contribution in [1.29, 1.82) is 0 Å². The second kappa shape index (κ2) is 7.26. The van der Waals surface area contributed by atoms with Crippen LogP contribution in [0.3, 0.4) is 0 Å². The molecule has 0 amide bonds. The fourth-order valence-corrected chi connectivity index (χ4v) is 2.83. The van der Waals surface area contributed by atoms with E-state index < -0.39 is 0 Å². The summed E-state index contributed by atoms with van der Waals surface area (Å²) in [6.45, 7) is 13.4. The monoisotopic (exact) mass is 289 g/mol. The minimum absolute atomic E-state index is 0.490. The van der Waals surface area contributed by atoms with Gasteiger partial charge in [0.2, 0.25) is 0 Å². The van der Waals surface area contributed by atoms with Crippen molar-refractivity contribution in [2.45, 2.75) is 59.9 Å². The van der Waals surface area contributed by atoms with Gasteiger partial charge in [0.15, 0.2) is 0 Å². The van der Waals surface area contributed by atoms with Crippen molar-refractivity contribution < 1.29 is 0 Å². The van der Waals surface area contributed by atoms with Crippen LogP contribution in [0, 0.1) is 5.41 Å². The largest absolute Gasteiger partial charge is 0.357 e. The molecule has 2 rings (SSSR count). The molecule has 3 nitrogen and oxygen atoms in total. The predicted octanol–water partition coefficient (Wildman–Crippen LogP) is 3.77. The van der Waals surface area contributed by atoms with Crippen LogP contribution in [-0.4, -0.2) is 24.6 Å². The third-order valence-electron chi connectivity index (χ3n) is 4.48. The van der Waals surface area contributed by atoms with Crippen LogP contribution >= 0.6 is 0 Å². The van der Waals surface area contributed by atoms with Gasteiger partial charge in [-0.3, -0.25) is 0 Å². The summed E-state index contributed by atoms with van der Waals surface area (Å²) in [7, 11) is 0. The highest BCUT2D eigenvalue weighted by molar-refractivity contribution is 5.43. The van der Waals surface area contributed by atoms with Gasteiger partial charge in [-0.05, 0) is 55.3 Å². The summed E-state index contributed by atoms with van der Waals surface area (Å²) in [5.74, 6) is 1.18. The standard InChI is InChI=1S/C18H31N3/c1-5-9-19-14-15-12-16(6-2)20-17(13-15)21-10-7-18(3,4)8-11-21/h12-13,19H,5-11,14H2,1-4H3. The molecule has 2 heterocycles. The number of nitrogens with zero attached hydrogens (tertiary/aromatic N) is 2. The summed E-state index contributed by atoms with van der Waals surface area (Å²) in [6, 6.07) is 4.53. The molecule has 1 saturated heterocycles. The Morgan fingerprint density at radius 1 is 1.19 bits per heavy atom. The van der Waals surface area contributed by atoms with E-state index in [9.17, 15) is 0 Å². The molecular formula is C18H31N3. The third kappa shape index (κ3) is 4.70. The van der Waals surface area contributed by atoms with Crippen LogP contribution in [0.2, 0.25) is 0 Å². The second-order valence-electron chi connectivity index (χ2n) is 7.01. The first-order valence-electron chi connectivity index (χ1n) is 8.49. The Labute approximate surface area is 130 Å². The van der Waals surface area contributed by atoms with Gasteiger partial charge in [0.1, 0.15) is 5.82 Å². The highest BCUT2D eigenvalue weighted by Gasteiger charge is 2.26. The van der Waals surface area contributed by atoms with Crippen LogP contribution in [0.25, 0.3) is 0 Å². The van der Waals surface area contributed by atoms with E-state index in [1.54, 1.807) is 0 Å². The molecule has 1 aromatic rings. The Morgan fingerprint density at radius 3 is 2.52 bits per heavy atom. The van der Waals surface area contributed by atoms with Crippen molar-refractivity contribution in [3.05, 3.63) is 23.4 Å². The number of aromatic nitrogens is 1. The zero-order valence-electron chi connectivity index (χ0n) is 14.2. The van der Waals surface area contributed by atoms with Crippen LogP contribution in [0.15, 0.2) is 12.1 Å². The molecule has 0 aromatic carbocycles. The van der Waals surface area contributed by atoms with Gasteiger partial charge < -0.3 is 10.2 Å². The van der Waals surface area contributed by atoms with Crippen molar-refractivity contribution in [3.63, 3.8) is 0 Å². The predicted molar refractivity (Wildman–Crippen MR) is 90.8 cm³/mol. The number of rotatable bonds is 6. The van der Waals surface area contributed by atoms with Crippen molar-refractivity contribution in [2.75, 3.05) is 24.5 Å². The molecule has 0 unspecified atom stereocenters. The lowest BCUT2D eigenvalue weighted by Crippen LogP contribution is -2.38. The van der Waals surface area contributed by atoms with Gasteiger partial charge >= 0.3 is 0 Å². The van der Waals surface area contributed by atoms with E-state index in [-0.39, 0.29) is 0 Å². The molecule has 0 bridgehead atoms. The Bertz CT molecular complexity index is 444. The first-order chi connectivity index (χ1) is 10.0. The van der Waals surface area contributed by atoms with Crippen molar-refractivity contribution in [1.82, 2.24) is 10.3 Å². The molecular weight excluding hydrogens is 258 g/mol. The first kappa shape index (κ1) is 16.3. The van der Waals surface area contributed by atoms with Gasteiger partial charge in [-0.25, -0.2) is 4.98 Å². The summed E-state index contributed by atoms with van der Waals surface area (Å²) >= 11 is 0. The zero-order valence-corrected chi connectivity index (χ0v) is 14.2. The van der Waals surface area contributed by atoms with E-state index in [1.165, 1.54) is 36.3 Å². The van der Waals surface area contributed by atoms with Gasteiger partial charge in [0, 0.05) is 25.3 Å². The number of anilines is 1. The average Bonchev–Trinajstić information content (AvgIpc) is 2.47. The number of pyridine rings is 1. The van der Waals surface area contributed by atoms with Crippen LogP contribution in [0.5, 0.6) is 0 Å². The SMILES string of the molecule is CCCNCc1cc(CC)nc(N2CCC(C)(C)CC2)c1. The molecule has 1 N–H and O–H groups in total. The van der Waals surface area contributed by atoms with Crippen LogP contribution in [-0.2, 0) is 13.0 Å². The quantitative estimate of drug-likeness (QED) is 0.808. The van der Waals surface area contributed by atoms with E-state index >= 15 is 0 Å². The maximum Gasteiger partial charge on any atom is 0.129 e. The molecule has 1 aromatic heterocycles. The topological polar surface area (TPSA) is 28.2 Å². The zero-order chi connectivity index (χ0) is 15.3. The molecule has 0 spiro atoms. The highest BCUT2D eigenvalue weighted by atomic mass is 15.2. The van der Waals surface area contributed by atoms with Crippen molar-refractivity contribution in [2.24, 2.45) is 5.41 Å². The molecule has 1 aliphatic heterocycles. The molecule has 1 fully saturated rings. The van der Waals surface area contributed by atoms with Gasteiger partial charge in [-0.15, -0.1) is 0 Å². The third-order valence-corrected chi connectivity index (χ3v) is 4.48. The van der Waals surface area contributed by atoms with E-state index in [4.69, 9.17) is 4.98 Å². The lowest BCUT2D eigenvalue weighted by molar-refractivity contribution is 0.279. The number of nitrogens with one attached hydrogen (secondary N) is 1. The number of hydrogen-bond donors (Lipinski definition) is 1. The maximum absolute atomic E-state index is 4.85. The molecule has 21 heavy (non-hydrogen) atoms. The average molecular weight is 289 g/mol. The Morgan fingerprint density at radius 2 is 1.90 bits per heavy atom. The highest BCUT2D eigenvalue weighted by Crippen LogP contribution is 2.31. The molecule has 0 radical (unpaired) electrons. The molecule has 1 aliphatic rings. The fourth-order valence-electron chi connectivity index (χ4n) is 2.83. The lowest BCUT2D eigenvalue weighted by Gasteiger charge is -2.37. The summed E-state index contributed by atoms with van der Waals surface area (Å²) in [6.07, 6.45) is 4.70. The molecule has 118 valence electrons. The van der Waals surface area contributed by atoms with E-state index in [0.29, 0.717) is 5.41 Å². The molecule has 3 heteroatoms. The number of aryl methyl sites for hydroxylation is 1. The van der Waals surface area contributed by atoms with Gasteiger partial charge in [-0.1, -0.05) is 27.7 Å². The normalized spacial score (nSPS) is 18.0. The van der Waals surface area contributed by atoms with E-state index in [1.807, 2.05) is 0 Å². The summed E-state index contributed by atoms with van der Waals surface area (Å²) in [5, 5.41) is 3.50. The fraction of sp³-hybridized carbons (Fsp3) is 0.722. The second-order valence-corrected chi connectivity index (χ2v) is 7.01. The van der Waals surface area contributed by atoms with Crippen LogP contribution in [0.1, 0.15) is 58.2 Å². The smallest absolute Gasteiger partial charge is 0.129 e. The maximum atomic E-state index is 4.85. The van der Waals surface area contributed by atoms with Crippen LogP contribution in [0.4, 0.5) is 5.82 Å². The molecule has 0 atom stereocenters. The minimum Gasteiger partial charge on any atom is -0.357 e. The van der Waals surface area contributed by atoms with Crippen LogP contribution < -0.4 is 10.2 Å². The first-order valence-corrected chi connectivity index (χ1v) is 8.49. The Hall–Kier alpha value is -1.09. The Kier molecular flexibility index (Phi) is 5.63. The summed E-state index contributed by atoms with van der Waals surface area (Å²) in [4.78, 5) is 7.32. The van der Waals surface area contributed by atoms with Gasteiger partial charge in [0.25, 0.3) is 0 Å². The minimum atomic E-state index is 0.490. The molecule has 0 saturated carbocycles. The van der Waals surface area contributed by atoms with Gasteiger partial charge in [0.05, 0.1) is 0 Å². The van der Waals surface area contributed by atoms with E-state index in [2.05, 4.69) is 50.0 Å². The summed E-state index contributed by atoms with van der Waals surface area (Å²) < 4.78 is 0. The Balaban J connectivity index is 2.09. The number of piperidine rings is 1. The van der Waals surface area contributed by atoms with E-state index in [0.717, 1.165) is 32.6 Å². The lowest BCUT2D eigenvalue weighted by atomic mass is 9.83. The number of hydrogen-bond acceptors (Lipinski definition) is 3. The molecule has 0 aliphatic carbocycles. The van der Waals surface area contributed by atoms with Crippen molar-refractivity contribution >= 4 is 5.82 Å². The van der Waals surface area contributed by atoms with Gasteiger partial charge in [-0.2, -0.15) is 0 Å². The van der Waals surface area contributed by atoms with Crippen molar-refractivity contribution in [3.8, 4) is 0 Å².